The molecule has 0 amide bonds. The SMILES string of the molecule is CC(N)CCCC(C)c1nc2cc(Cl)ccc2n1C1CC1. The van der Waals surface area contributed by atoms with E-state index in [-0.39, 0.29) is 0 Å². The first-order valence-corrected chi connectivity index (χ1v) is 8.37. The Hall–Kier alpha value is -1.06. The minimum Gasteiger partial charge on any atom is -0.328 e. The van der Waals surface area contributed by atoms with Crippen molar-refractivity contribution in [3.05, 3.63) is 29.0 Å². The topological polar surface area (TPSA) is 43.8 Å². The van der Waals surface area contributed by atoms with Crippen LogP contribution in [0.25, 0.3) is 11.0 Å². The van der Waals surface area contributed by atoms with Gasteiger partial charge in [0.1, 0.15) is 5.82 Å². The molecule has 1 aliphatic rings. The third-order valence-corrected chi connectivity index (χ3v) is 4.56. The summed E-state index contributed by atoms with van der Waals surface area (Å²) in [5.41, 5.74) is 8.11. The van der Waals surface area contributed by atoms with Crippen molar-refractivity contribution in [2.75, 3.05) is 0 Å². The number of benzene rings is 1. The quantitative estimate of drug-likeness (QED) is 0.844. The number of nitrogens with two attached hydrogens (primary N) is 1. The molecule has 21 heavy (non-hydrogen) atoms. The normalized spacial score (nSPS) is 18.1. The molecule has 1 saturated carbocycles. The Morgan fingerprint density at radius 3 is 2.76 bits per heavy atom. The molecule has 114 valence electrons. The second-order valence-electron chi connectivity index (χ2n) is 6.51. The maximum atomic E-state index is 6.11. The van der Waals surface area contributed by atoms with E-state index in [0.29, 0.717) is 18.0 Å². The summed E-state index contributed by atoms with van der Waals surface area (Å²) in [5.74, 6) is 1.69. The van der Waals surface area contributed by atoms with E-state index in [2.05, 4.69) is 24.5 Å². The molecule has 1 aromatic carbocycles. The molecule has 3 nitrogen and oxygen atoms in total. The summed E-state index contributed by atoms with van der Waals surface area (Å²) < 4.78 is 2.45. The lowest BCUT2D eigenvalue weighted by Gasteiger charge is -2.15. The second kappa shape index (κ2) is 5.98. The van der Waals surface area contributed by atoms with Gasteiger partial charge in [0.15, 0.2) is 0 Å². The van der Waals surface area contributed by atoms with Crippen molar-refractivity contribution in [1.29, 1.82) is 0 Å². The van der Waals surface area contributed by atoms with Crippen LogP contribution in [-0.4, -0.2) is 15.6 Å². The number of rotatable bonds is 6. The standard InChI is InChI=1S/C17H24ClN3/c1-11(4-3-5-12(2)19)17-20-15-10-13(18)6-9-16(15)21(17)14-7-8-14/h6,9-12,14H,3-5,7-8,19H2,1-2H3. The van der Waals surface area contributed by atoms with Gasteiger partial charge < -0.3 is 10.3 Å². The highest BCUT2D eigenvalue weighted by Gasteiger charge is 2.29. The van der Waals surface area contributed by atoms with Crippen LogP contribution in [0.5, 0.6) is 0 Å². The van der Waals surface area contributed by atoms with E-state index in [1.54, 1.807) is 0 Å². The fourth-order valence-electron chi connectivity index (χ4n) is 3.03. The molecule has 0 radical (unpaired) electrons. The molecule has 0 bridgehead atoms. The number of aromatic nitrogens is 2. The van der Waals surface area contributed by atoms with E-state index >= 15 is 0 Å². The van der Waals surface area contributed by atoms with Crippen molar-refractivity contribution in [2.45, 2.75) is 64.0 Å². The maximum absolute atomic E-state index is 6.11. The number of nitrogens with zero attached hydrogens (tertiary/aromatic N) is 2. The molecule has 1 heterocycles. The lowest BCUT2D eigenvalue weighted by molar-refractivity contribution is 0.526. The van der Waals surface area contributed by atoms with Crippen molar-refractivity contribution in [3.63, 3.8) is 0 Å². The molecular formula is C17H24ClN3. The van der Waals surface area contributed by atoms with E-state index in [0.717, 1.165) is 29.8 Å². The minimum atomic E-state index is 0.290. The minimum absolute atomic E-state index is 0.290. The zero-order valence-corrected chi connectivity index (χ0v) is 13.6. The fourth-order valence-corrected chi connectivity index (χ4v) is 3.20. The molecule has 0 saturated heterocycles. The average molecular weight is 306 g/mol. The Balaban J connectivity index is 1.88. The smallest absolute Gasteiger partial charge is 0.112 e. The summed E-state index contributed by atoms with van der Waals surface area (Å²) in [6.07, 6.45) is 5.93. The summed E-state index contributed by atoms with van der Waals surface area (Å²) in [5, 5.41) is 0.763. The van der Waals surface area contributed by atoms with Crippen LogP contribution in [-0.2, 0) is 0 Å². The predicted molar refractivity (Wildman–Crippen MR) is 88.9 cm³/mol. The number of fused-ring (bicyclic) bond motifs is 1. The Morgan fingerprint density at radius 1 is 1.33 bits per heavy atom. The highest BCUT2D eigenvalue weighted by Crippen LogP contribution is 2.41. The first-order chi connectivity index (χ1) is 10.1. The summed E-state index contributed by atoms with van der Waals surface area (Å²) in [7, 11) is 0. The van der Waals surface area contributed by atoms with Crippen LogP contribution in [0.15, 0.2) is 18.2 Å². The van der Waals surface area contributed by atoms with Crippen LogP contribution in [0.4, 0.5) is 0 Å². The van der Waals surface area contributed by atoms with Gasteiger partial charge in [-0.15, -0.1) is 0 Å². The summed E-state index contributed by atoms with van der Waals surface area (Å²) in [6, 6.07) is 6.99. The zero-order chi connectivity index (χ0) is 15.0. The van der Waals surface area contributed by atoms with E-state index in [9.17, 15) is 0 Å². The second-order valence-corrected chi connectivity index (χ2v) is 6.95. The van der Waals surface area contributed by atoms with Crippen LogP contribution in [0.2, 0.25) is 5.02 Å². The lowest BCUT2D eigenvalue weighted by atomic mass is 10.0. The first-order valence-electron chi connectivity index (χ1n) is 7.99. The van der Waals surface area contributed by atoms with Crippen LogP contribution in [0.1, 0.15) is 63.7 Å². The Bertz CT molecular complexity index is 628. The maximum Gasteiger partial charge on any atom is 0.112 e. The van der Waals surface area contributed by atoms with Crippen LogP contribution < -0.4 is 5.73 Å². The van der Waals surface area contributed by atoms with Gasteiger partial charge in [0.2, 0.25) is 0 Å². The van der Waals surface area contributed by atoms with Gasteiger partial charge in [-0.3, -0.25) is 0 Å². The van der Waals surface area contributed by atoms with Gasteiger partial charge in [-0.25, -0.2) is 4.98 Å². The summed E-state index contributed by atoms with van der Waals surface area (Å²) in [4.78, 5) is 4.88. The van der Waals surface area contributed by atoms with E-state index in [1.807, 2.05) is 12.1 Å². The van der Waals surface area contributed by atoms with Gasteiger partial charge >= 0.3 is 0 Å². The van der Waals surface area contributed by atoms with Gasteiger partial charge in [-0.2, -0.15) is 0 Å². The van der Waals surface area contributed by atoms with Crippen LogP contribution >= 0.6 is 11.6 Å². The number of hydrogen-bond donors (Lipinski definition) is 1. The summed E-state index contributed by atoms with van der Waals surface area (Å²) >= 11 is 6.11. The lowest BCUT2D eigenvalue weighted by Crippen LogP contribution is -2.14. The third kappa shape index (κ3) is 3.24. The molecule has 2 aromatic rings. The molecule has 2 unspecified atom stereocenters. The van der Waals surface area contributed by atoms with Gasteiger partial charge in [0.25, 0.3) is 0 Å². The van der Waals surface area contributed by atoms with Crippen molar-refractivity contribution in [3.8, 4) is 0 Å². The molecule has 2 atom stereocenters. The van der Waals surface area contributed by atoms with Gasteiger partial charge in [0, 0.05) is 23.0 Å². The third-order valence-electron chi connectivity index (χ3n) is 4.33. The molecule has 1 aliphatic carbocycles. The Kier molecular flexibility index (Phi) is 4.23. The van der Waals surface area contributed by atoms with Gasteiger partial charge in [-0.05, 0) is 50.8 Å². The Labute approximate surface area is 131 Å². The van der Waals surface area contributed by atoms with Crippen LogP contribution in [0.3, 0.4) is 0 Å². The first kappa shape index (κ1) is 14.9. The molecule has 4 heteroatoms. The number of hydrogen-bond acceptors (Lipinski definition) is 2. The number of imidazole rings is 1. The fraction of sp³-hybridized carbons (Fsp3) is 0.588. The largest absolute Gasteiger partial charge is 0.328 e. The molecule has 3 rings (SSSR count). The zero-order valence-electron chi connectivity index (χ0n) is 12.8. The molecule has 0 spiro atoms. The summed E-state index contributed by atoms with van der Waals surface area (Å²) in [6.45, 7) is 4.36. The Morgan fingerprint density at radius 2 is 2.10 bits per heavy atom. The van der Waals surface area contributed by atoms with E-state index in [1.165, 1.54) is 24.2 Å². The average Bonchev–Trinajstić information content (AvgIpc) is 3.18. The van der Waals surface area contributed by atoms with Crippen molar-refractivity contribution < 1.29 is 0 Å². The van der Waals surface area contributed by atoms with E-state index in [4.69, 9.17) is 22.3 Å². The highest BCUT2D eigenvalue weighted by atomic mass is 35.5. The van der Waals surface area contributed by atoms with Crippen molar-refractivity contribution in [1.82, 2.24) is 9.55 Å². The predicted octanol–water partition coefficient (Wildman–Crippen LogP) is 4.65. The number of halogens is 1. The molecule has 1 fully saturated rings. The van der Waals surface area contributed by atoms with Gasteiger partial charge in [0.05, 0.1) is 11.0 Å². The molecule has 1 aromatic heterocycles. The van der Waals surface area contributed by atoms with Crippen molar-refractivity contribution >= 4 is 22.6 Å². The monoisotopic (exact) mass is 305 g/mol. The van der Waals surface area contributed by atoms with Crippen LogP contribution in [0, 0.1) is 0 Å². The molecule has 2 N–H and O–H groups in total. The molecular weight excluding hydrogens is 282 g/mol. The van der Waals surface area contributed by atoms with Crippen molar-refractivity contribution in [2.24, 2.45) is 5.73 Å². The van der Waals surface area contributed by atoms with E-state index < -0.39 is 0 Å². The molecule has 0 aliphatic heterocycles. The van der Waals surface area contributed by atoms with Gasteiger partial charge in [-0.1, -0.05) is 24.9 Å². The highest BCUT2D eigenvalue weighted by molar-refractivity contribution is 6.31.